The maximum atomic E-state index is 5.95. The maximum absolute atomic E-state index is 5.95. The Balaban J connectivity index is 2.20. The monoisotopic (exact) mass is 182 g/mol. The molecule has 2 N–H and O–H groups in total. The molecule has 0 saturated heterocycles. The number of aromatic nitrogens is 1. The second kappa shape index (κ2) is 3.04. The van der Waals surface area contributed by atoms with E-state index >= 15 is 0 Å². The van der Waals surface area contributed by atoms with E-state index in [1.165, 1.54) is 12.8 Å². The standard InChI is InChI=1S/C9H11ClN2/c10-7-3-4-12-8(5-7)9(11)6-1-2-6/h3-6,9H,1-2,11H2/t9-/m0/s1. The van der Waals surface area contributed by atoms with E-state index in [1.54, 1.807) is 12.3 Å². The lowest BCUT2D eigenvalue weighted by molar-refractivity contribution is 0.615. The minimum atomic E-state index is 0.0868. The van der Waals surface area contributed by atoms with Crippen LogP contribution in [0, 0.1) is 5.92 Å². The highest BCUT2D eigenvalue weighted by molar-refractivity contribution is 6.30. The molecule has 1 fully saturated rings. The van der Waals surface area contributed by atoms with Crippen molar-refractivity contribution in [1.29, 1.82) is 0 Å². The van der Waals surface area contributed by atoms with Crippen molar-refractivity contribution in [2.75, 3.05) is 0 Å². The van der Waals surface area contributed by atoms with E-state index in [9.17, 15) is 0 Å². The van der Waals surface area contributed by atoms with Crippen LogP contribution >= 0.6 is 11.6 Å². The van der Waals surface area contributed by atoms with Gasteiger partial charge in [-0.15, -0.1) is 0 Å². The van der Waals surface area contributed by atoms with E-state index in [2.05, 4.69) is 4.98 Å². The highest BCUT2D eigenvalue weighted by atomic mass is 35.5. The molecule has 12 heavy (non-hydrogen) atoms. The molecule has 1 heterocycles. The molecule has 0 bridgehead atoms. The summed E-state index contributed by atoms with van der Waals surface area (Å²) in [6.45, 7) is 0. The van der Waals surface area contributed by atoms with Crippen molar-refractivity contribution in [3.05, 3.63) is 29.0 Å². The number of rotatable bonds is 2. The maximum Gasteiger partial charge on any atom is 0.0588 e. The first kappa shape index (κ1) is 8.02. The van der Waals surface area contributed by atoms with Crippen LogP contribution in [0.5, 0.6) is 0 Å². The highest BCUT2D eigenvalue weighted by Crippen LogP contribution is 2.38. The summed E-state index contributed by atoms with van der Waals surface area (Å²) in [5.41, 5.74) is 6.87. The van der Waals surface area contributed by atoms with Crippen molar-refractivity contribution >= 4 is 11.6 Å². The Labute approximate surface area is 76.7 Å². The summed E-state index contributed by atoms with van der Waals surface area (Å²) in [7, 11) is 0. The van der Waals surface area contributed by atoms with Crippen LogP contribution < -0.4 is 5.73 Å². The first-order chi connectivity index (χ1) is 5.77. The lowest BCUT2D eigenvalue weighted by atomic mass is 10.1. The lowest BCUT2D eigenvalue weighted by Crippen LogP contribution is -2.13. The molecule has 0 unspecified atom stereocenters. The molecular formula is C9H11ClN2. The minimum Gasteiger partial charge on any atom is -0.322 e. The Morgan fingerprint density at radius 1 is 1.58 bits per heavy atom. The van der Waals surface area contributed by atoms with Crippen LogP contribution in [0.4, 0.5) is 0 Å². The third-order valence-corrected chi connectivity index (χ3v) is 2.45. The van der Waals surface area contributed by atoms with Gasteiger partial charge in [-0.05, 0) is 30.9 Å². The van der Waals surface area contributed by atoms with Gasteiger partial charge in [0.15, 0.2) is 0 Å². The van der Waals surface area contributed by atoms with Gasteiger partial charge < -0.3 is 5.73 Å². The number of pyridine rings is 1. The molecule has 2 rings (SSSR count). The van der Waals surface area contributed by atoms with Crippen molar-refractivity contribution in [3.63, 3.8) is 0 Å². The summed E-state index contributed by atoms with van der Waals surface area (Å²) in [6, 6.07) is 3.71. The van der Waals surface area contributed by atoms with Crippen LogP contribution in [0.3, 0.4) is 0 Å². The number of halogens is 1. The molecule has 2 nitrogen and oxygen atoms in total. The van der Waals surface area contributed by atoms with Gasteiger partial charge >= 0.3 is 0 Å². The molecule has 1 aromatic heterocycles. The molecule has 1 atom stereocenters. The Morgan fingerprint density at radius 3 is 2.92 bits per heavy atom. The number of nitrogens with two attached hydrogens (primary N) is 1. The molecule has 3 heteroatoms. The third-order valence-electron chi connectivity index (χ3n) is 2.21. The quantitative estimate of drug-likeness (QED) is 0.761. The molecule has 0 amide bonds. The van der Waals surface area contributed by atoms with Crippen molar-refractivity contribution in [3.8, 4) is 0 Å². The molecule has 0 aromatic carbocycles. The molecule has 0 radical (unpaired) electrons. The van der Waals surface area contributed by atoms with Crippen LogP contribution in [0.1, 0.15) is 24.6 Å². The number of nitrogens with zero attached hydrogens (tertiary/aromatic N) is 1. The Bertz CT molecular complexity index is 284. The van der Waals surface area contributed by atoms with E-state index in [4.69, 9.17) is 17.3 Å². The van der Waals surface area contributed by atoms with Gasteiger partial charge in [-0.2, -0.15) is 0 Å². The molecule has 0 aliphatic heterocycles. The number of hydrogen-bond acceptors (Lipinski definition) is 2. The zero-order chi connectivity index (χ0) is 8.55. The zero-order valence-electron chi connectivity index (χ0n) is 6.70. The fourth-order valence-electron chi connectivity index (χ4n) is 1.30. The Hall–Kier alpha value is -0.600. The van der Waals surface area contributed by atoms with E-state index < -0.39 is 0 Å². The normalized spacial score (nSPS) is 19.2. The average Bonchev–Trinajstić information content (AvgIpc) is 2.85. The van der Waals surface area contributed by atoms with E-state index in [1.807, 2.05) is 6.07 Å². The average molecular weight is 183 g/mol. The van der Waals surface area contributed by atoms with Crippen molar-refractivity contribution in [2.24, 2.45) is 11.7 Å². The predicted molar refractivity (Wildman–Crippen MR) is 48.9 cm³/mol. The SMILES string of the molecule is N[C@H](c1cc(Cl)ccn1)C1CC1. The Kier molecular flexibility index (Phi) is 2.03. The molecule has 1 aliphatic rings. The minimum absolute atomic E-state index is 0.0868. The van der Waals surface area contributed by atoms with Crippen LogP contribution in [0.15, 0.2) is 18.3 Å². The first-order valence-corrected chi connectivity index (χ1v) is 4.52. The van der Waals surface area contributed by atoms with E-state index in [-0.39, 0.29) is 6.04 Å². The summed E-state index contributed by atoms with van der Waals surface area (Å²) in [6.07, 6.45) is 4.17. The zero-order valence-corrected chi connectivity index (χ0v) is 7.46. The molecule has 1 aromatic rings. The van der Waals surface area contributed by atoms with Crippen LogP contribution in [0.2, 0.25) is 5.02 Å². The van der Waals surface area contributed by atoms with Gasteiger partial charge in [-0.3, -0.25) is 4.98 Å². The van der Waals surface area contributed by atoms with Gasteiger partial charge in [-0.1, -0.05) is 11.6 Å². The topological polar surface area (TPSA) is 38.9 Å². The second-order valence-corrected chi connectivity index (χ2v) is 3.70. The van der Waals surface area contributed by atoms with Gasteiger partial charge in [0.25, 0.3) is 0 Å². The van der Waals surface area contributed by atoms with Crippen LogP contribution in [-0.4, -0.2) is 4.98 Å². The molecule has 1 saturated carbocycles. The van der Waals surface area contributed by atoms with Gasteiger partial charge in [0, 0.05) is 17.3 Å². The smallest absolute Gasteiger partial charge is 0.0588 e. The largest absolute Gasteiger partial charge is 0.322 e. The van der Waals surface area contributed by atoms with Gasteiger partial charge in [0.1, 0.15) is 0 Å². The highest BCUT2D eigenvalue weighted by Gasteiger charge is 2.30. The summed E-state index contributed by atoms with van der Waals surface area (Å²) in [5, 5.41) is 0.719. The van der Waals surface area contributed by atoms with Crippen molar-refractivity contribution in [1.82, 2.24) is 4.98 Å². The molecular weight excluding hydrogens is 172 g/mol. The van der Waals surface area contributed by atoms with E-state index in [0.717, 1.165) is 10.7 Å². The summed E-state index contributed by atoms with van der Waals surface area (Å²) >= 11 is 5.82. The predicted octanol–water partition coefficient (Wildman–Crippen LogP) is 2.14. The van der Waals surface area contributed by atoms with Crippen molar-refractivity contribution < 1.29 is 0 Å². The van der Waals surface area contributed by atoms with E-state index in [0.29, 0.717) is 5.92 Å². The van der Waals surface area contributed by atoms with Gasteiger partial charge in [0.05, 0.1) is 5.69 Å². The van der Waals surface area contributed by atoms with Gasteiger partial charge in [0.2, 0.25) is 0 Å². The summed E-state index contributed by atoms with van der Waals surface area (Å²) in [4.78, 5) is 4.19. The van der Waals surface area contributed by atoms with Crippen LogP contribution in [-0.2, 0) is 0 Å². The summed E-state index contributed by atoms with van der Waals surface area (Å²) < 4.78 is 0. The molecule has 0 spiro atoms. The fourth-order valence-corrected chi connectivity index (χ4v) is 1.47. The fraction of sp³-hybridized carbons (Fsp3) is 0.444. The van der Waals surface area contributed by atoms with Crippen molar-refractivity contribution in [2.45, 2.75) is 18.9 Å². The van der Waals surface area contributed by atoms with Gasteiger partial charge in [-0.25, -0.2) is 0 Å². The number of hydrogen-bond donors (Lipinski definition) is 1. The van der Waals surface area contributed by atoms with Crippen LogP contribution in [0.25, 0.3) is 0 Å². The lowest BCUT2D eigenvalue weighted by Gasteiger charge is -2.08. The molecule has 64 valence electrons. The third kappa shape index (κ3) is 1.59. The molecule has 1 aliphatic carbocycles. The second-order valence-electron chi connectivity index (χ2n) is 3.26. The first-order valence-electron chi connectivity index (χ1n) is 4.14. The Morgan fingerprint density at radius 2 is 2.33 bits per heavy atom. The summed E-state index contributed by atoms with van der Waals surface area (Å²) in [5.74, 6) is 0.635.